The van der Waals surface area contributed by atoms with Gasteiger partial charge in [-0.05, 0) is 26.0 Å². The monoisotopic (exact) mass is 185 g/mol. The summed E-state index contributed by atoms with van der Waals surface area (Å²) >= 11 is 0. The molecule has 1 aliphatic heterocycles. The number of imidazole rings is 1. The zero-order chi connectivity index (χ0) is 9.71. The molecule has 1 unspecified atom stereocenters. The van der Waals surface area contributed by atoms with E-state index >= 15 is 0 Å². The maximum atomic E-state index is 4.47. The topological polar surface area (TPSA) is 30.2 Å². The van der Waals surface area contributed by atoms with Gasteiger partial charge in [0.15, 0.2) is 0 Å². The van der Waals surface area contributed by atoms with Crippen molar-refractivity contribution in [1.29, 1.82) is 0 Å². The van der Waals surface area contributed by atoms with Crippen molar-refractivity contribution < 1.29 is 0 Å². The van der Waals surface area contributed by atoms with Crippen LogP contribution in [0.4, 0.5) is 5.95 Å². The third kappa shape index (κ3) is 0.816. The summed E-state index contributed by atoms with van der Waals surface area (Å²) in [6, 6.07) is 8.51. The molecular weight excluding hydrogens is 174 g/mol. The van der Waals surface area contributed by atoms with E-state index in [4.69, 9.17) is 0 Å². The largest absolute Gasteiger partial charge is 0.300 e. The first-order valence-electron chi connectivity index (χ1n) is 4.79. The fourth-order valence-electron chi connectivity index (χ4n) is 1.93. The standard InChI is InChI=1S/C11H11N3/c1-7-8(2)14-10-6-4-3-5-9(10)13-11(14)12-7/h3-6,8H,1-2H3. The van der Waals surface area contributed by atoms with Crippen LogP contribution < -0.4 is 0 Å². The summed E-state index contributed by atoms with van der Waals surface area (Å²) < 4.78 is 2.19. The normalized spacial score (nSPS) is 19.9. The number of rotatable bonds is 0. The fourth-order valence-corrected chi connectivity index (χ4v) is 1.93. The smallest absolute Gasteiger partial charge is 0.231 e. The lowest BCUT2D eigenvalue weighted by molar-refractivity contribution is 0.750. The van der Waals surface area contributed by atoms with Gasteiger partial charge in [0.05, 0.1) is 17.1 Å². The first-order valence-corrected chi connectivity index (χ1v) is 4.79. The Labute approximate surface area is 82.1 Å². The lowest BCUT2D eigenvalue weighted by atomic mass is 10.2. The van der Waals surface area contributed by atoms with E-state index in [0.29, 0.717) is 6.04 Å². The molecule has 0 saturated carbocycles. The van der Waals surface area contributed by atoms with Crippen LogP contribution >= 0.6 is 0 Å². The van der Waals surface area contributed by atoms with Crippen molar-refractivity contribution >= 4 is 22.7 Å². The number of aromatic nitrogens is 2. The van der Waals surface area contributed by atoms with Crippen molar-refractivity contribution in [3.8, 4) is 0 Å². The Morgan fingerprint density at radius 1 is 1.29 bits per heavy atom. The Kier molecular flexibility index (Phi) is 1.35. The number of benzene rings is 1. The summed E-state index contributed by atoms with van der Waals surface area (Å²) in [6.07, 6.45) is 0. The first kappa shape index (κ1) is 7.74. The minimum Gasteiger partial charge on any atom is -0.300 e. The maximum Gasteiger partial charge on any atom is 0.231 e. The van der Waals surface area contributed by atoms with Crippen molar-refractivity contribution in [3.05, 3.63) is 24.3 Å². The van der Waals surface area contributed by atoms with Gasteiger partial charge in [0.2, 0.25) is 5.95 Å². The van der Waals surface area contributed by atoms with E-state index in [1.54, 1.807) is 0 Å². The zero-order valence-electron chi connectivity index (χ0n) is 8.23. The van der Waals surface area contributed by atoms with Crippen molar-refractivity contribution in [2.75, 3.05) is 0 Å². The van der Waals surface area contributed by atoms with Crippen LogP contribution in [0.3, 0.4) is 0 Å². The van der Waals surface area contributed by atoms with Gasteiger partial charge in [-0.1, -0.05) is 12.1 Å². The summed E-state index contributed by atoms with van der Waals surface area (Å²) in [5, 5.41) is 0. The Balaban J connectivity index is 2.39. The third-order valence-corrected chi connectivity index (χ3v) is 2.85. The molecule has 3 heteroatoms. The van der Waals surface area contributed by atoms with Crippen LogP contribution in [0.15, 0.2) is 29.3 Å². The number of aliphatic imine (C=N–C) groups is 1. The van der Waals surface area contributed by atoms with Gasteiger partial charge >= 0.3 is 0 Å². The summed E-state index contributed by atoms with van der Waals surface area (Å²) in [5.41, 5.74) is 3.35. The SMILES string of the molecule is CC1=Nc2nc3ccccc3n2C1C. The van der Waals surface area contributed by atoms with Crippen LogP contribution in [0.25, 0.3) is 11.0 Å². The Morgan fingerprint density at radius 2 is 2.07 bits per heavy atom. The van der Waals surface area contributed by atoms with Crippen molar-refractivity contribution in [2.24, 2.45) is 4.99 Å². The van der Waals surface area contributed by atoms with Crippen molar-refractivity contribution in [1.82, 2.24) is 9.55 Å². The molecule has 0 radical (unpaired) electrons. The molecule has 1 aromatic heterocycles. The number of fused-ring (bicyclic) bond motifs is 3. The molecule has 0 N–H and O–H groups in total. The highest BCUT2D eigenvalue weighted by Crippen LogP contribution is 2.32. The van der Waals surface area contributed by atoms with Crippen LogP contribution in [0, 0.1) is 0 Å². The van der Waals surface area contributed by atoms with Gasteiger partial charge in [-0.3, -0.25) is 4.57 Å². The van der Waals surface area contributed by atoms with E-state index in [-0.39, 0.29) is 0 Å². The lowest BCUT2D eigenvalue weighted by Crippen LogP contribution is -2.06. The average molecular weight is 185 g/mol. The second-order valence-corrected chi connectivity index (χ2v) is 3.70. The fraction of sp³-hybridized carbons (Fsp3) is 0.273. The van der Waals surface area contributed by atoms with E-state index < -0.39 is 0 Å². The van der Waals surface area contributed by atoms with Gasteiger partial charge in [-0.2, -0.15) is 0 Å². The number of para-hydroxylation sites is 2. The number of hydrogen-bond acceptors (Lipinski definition) is 2. The molecule has 1 aliphatic rings. The Bertz CT molecular complexity index is 536. The molecule has 14 heavy (non-hydrogen) atoms. The summed E-state index contributed by atoms with van der Waals surface area (Å²) in [7, 11) is 0. The van der Waals surface area contributed by atoms with Crippen molar-refractivity contribution in [3.63, 3.8) is 0 Å². The Morgan fingerprint density at radius 3 is 2.93 bits per heavy atom. The summed E-state index contributed by atoms with van der Waals surface area (Å²) in [6.45, 7) is 4.21. The molecule has 0 saturated heterocycles. The molecule has 0 amide bonds. The molecule has 70 valence electrons. The molecule has 0 bridgehead atoms. The highest BCUT2D eigenvalue weighted by molar-refractivity contribution is 5.94. The summed E-state index contributed by atoms with van der Waals surface area (Å²) in [4.78, 5) is 8.91. The minimum absolute atomic E-state index is 0.345. The Hall–Kier alpha value is -1.64. The van der Waals surface area contributed by atoms with Crippen LogP contribution in [-0.4, -0.2) is 15.3 Å². The van der Waals surface area contributed by atoms with Gasteiger partial charge < -0.3 is 0 Å². The third-order valence-electron chi connectivity index (χ3n) is 2.85. The van der Waals surface area contributed by atoms with Gasteiger partial charge in [0.1, 0.15) is 0 Å². The van der Waals surface area contributed by atoms with Gasteiger partial charge in [0, 0.05) is 5.71 Å². The number of nitrogens with zero attached hydrogens (tertiary/aromatic N) is 3. The molecule has 0 spiro atoms. The molecule has 3 nitrogen and oxygen atoms in total. The van der Waals surface area contributed by atoms with Gasteiger partial charge in [-0.25, -0.2) is 9.98 Å². The first-order chi connectivity index (χ1) is 6.77. The minimum atomic E-state index is 0.345. The van der Waals surface area contributed by atoms with E-state index in [1.807, 2.05) is 25.1 Å². The molecule has 2 heterocycles. The highest BCUT2D eigenvalue weighted by atomic mass is 15.2. The predicted octanol–water partition coefficient (Wildman–Crippen LogP) is 2.70. The molecule has 1 aromatic carbocycles. The van der Waals surface area contributed by atoms with Crippen LogP contribution in [0.2, 0.25) is 0 Å². The lowest BCUT2D eigenvalue weighted by Gasteiger charge is -2.07. The van der Waals surface area contributed by atoms with Crippen LogP contribution in [-0.2, 0) is 0 Å². The summed E-state index contributed by atoms with van der Waals surface area (Å²) in [5.74, 6) is 0.844. The van der Waals surface area contributed by atoms with Gasteiger partial charge in [-0.15, -0.1) is 0 Å². The van der Waals surface area contributed by atoms with Crippen LogP contribution in [0.1, 0.15) is 19.9 Å². The molecule has 0 aliphatic carbocycles. The molecule has 1 atom stereocenters. The quantitative estimate of drug-likeness (QED) is 0.620. The zero-order valence-corrected chi connectivity index (χ0v) is 8.23. The van der Waals surface area contributed by atoms with E-state index in [1.165, 1.54) is 5.52 Å². The van der Waals surface area contributed by atoms with Crippen molar-refractivity contribution in [2.45, 2.75) is 19.9 Å². The highest BCUT2D eigenvalue weighted by Gasteiger charge is 2.22. The number of hydrogen-bond donors (Lipinski definition) is 0. The molecule has 2 aromatic rings. The second-order valence-electron chi connectivity index (χ2n) is 3.70. The van der Waals surface area contributed by atoms with Gasteiger partial charge in [0.25, 0.3) is 0 Å². The molecule has 0 fully saturated rings. The van der Waals surface area contributed by atoms with E-state index in [0.717, 1.165) is 17.2 Å². The van der Waals surface area contributed by atoms with Crippen LogP contribution in [0.5, 0.6) is 0 Å². The molecule has 3 rings (SSSR count). The predicted molar refractivity (Wildman–Crippen MR) is 57.2 cm³/mol. The van der Waals surface area contributed by atoms with E-state index in [9.17, 15) is 0 Å². The molecular formula is C11H11N3. The maximum absolute atomic E-state index is 4.47. The second kappa shape index (κ2) is 2.44. The average Bonchev–Trinajstić information content (AvgIpc) is 2.65. The van der Waals surface area contributed by atoms with E-state index in [2.05, 4.69) is 27.5 Å².